The zero-order valence-electron chi connectivity index (χ0n) is 11.4. The third kappa shape index (κ3) is 5.89. The lowest BCUT2D eigenvalue weighted by Gasteiger charge is -2.14. The van der Waals surface area contributed by atoms with E-state index in [0.717, 1.165) is 19.3 Å². The zero-order valence-corrected chi connectivity index (χ0v) is 11.4. The quantitative estimate of drug-likeness (QED) is 0.673. The number of urea groups is 1. The van der Waals surface area contributed by atoms with E-state index in [-0.39, 0.29) is 18.0 Å². The molecule has 1 unspecified atom stereocenters. The van der Waals surface area contributed by atoms with Crippen molar-refractivity contribution in [1.82, 2.24) is 16.0 Å². The summed E-state index contributed by atoms with van der Waals surface area (Å²) in [5, 5.41) is 8.51. The van der Waals surface area contributed by atoms with E-state index in [0.29, 0.717) is 19.0 Å². The molecule has 104 valence electrons. The van der Waals surface area contributed by atoms with Crippen molar-refractivity contribution >= 4 is 11.9 Å². The summed E-state index contributed by atoms with van der Waals surface area (Å²) in [6, 6.07) is 0.363. The molecule has 0 saturated heterocycles. The summed E-state index contributed by atoms with van der Waals surface area (Å²) in [7, 11) is 0. The lowest BCUT2D eigenvalue weighted by Crippen LogP contribution is -2.42. The largest absolute Gasteiger partial charge is 0.354 e. The number of amides is 3. The second-order valence-corrected chi connectivity index (χ2v) is 5.01. The van der Waals surface area contributed by atoms with Crippen molar-refractivity contribution in [3.05, 3.63) is 0 Å². The Kier molecular flexibility index (Phi) is 6.54. The van der Waals surface area contributed by atoms with Crippen LogP contribution in [0.5, 0.6) is 0 Å². The van der Waals surface area contributed by atoms with E-state index >= 15 is 0 Å². The number of carbonyl (C=O) groups excluding carboxylic acids is 2. The second-order valence-electron chi connectivity index (χ2n) is 5.01. The Balaban J connectivity index is 2.05. The van der Waals surface area contributed by atoms with Crippen LogP contribution in [-0.2, 0) is 4.79 Å². The van der Waals surface area contributed by atoms with Crippen molar-refractivity contribution in [1.29, 1.82) is 0 Å². The second kappa shape index (κ2) is 7.95. The Hall–Kier alpha value is -1.26. The monoisotopic (exact) mass is 255 g/mol. The molecule has 0 radical (unpaired) electrons. The van der Waals surface area contributed by atoms with Gasteiger partial charge in [0.2, 0.25) is 5.91 Å². The maximum Gasteiger partial charge on any atom is 0.315 e. The lowest BCUT2D eigenvalue weighted by atomic mass is 10.2. The highest BCUT2D eigenvalue weighted by Crippen LogP contribution is 2.17. The maximum absolute atomic E-state index is 11.5. The van der Waals surface area contributed by atoms with Crippen molar-refractivity contribution < 1.29 is 9.59 Å². The minimum Gasteiger partial charge on any atom is -0.354 e. The van der Waals surface area contributed by atoms with Crippen LogP contribution in [0.3, 0.4) is 0 Å². The van der Waals surface area contributed by atoms with Crippen LogP contribution in [0, 0.1) is 0 Å². The van der Waals surface area contributed by atoms with Gasteiger partial charge in [0.25, 0.3) is 0 Å². The molecule has 3 amide bonds. The molecule has 1 atom stereocenters. The molecule has 0 heterocycles. The first kappa shape index (κ1) is 14.8. The highest BCUT2D eigenvalue weighted by molar-refractivity contribution is 5.78. The van der Waals surface area contributed by atoms with Gasteiger partial charge in [0.1, 0.15) is 0 Å². The van der Waals surface area contributed by atoms with E-state index in [1.807, 2.05) is 13.8 Å². The van der Waals surface area contributed by atoms with Gasteiger partial charge in [-0.25, -0.2) is 4.79 Å². The van der Waals surface area contributed by atoms with Crippen LogP contribution < -0.4 is 16.0 Å². The molecule has 1 fully saturated rings. The number of hydrogen-bond donors (Lipinski definition) is 3. The molecule has 1 aliphatic carbocycles. The molecule has 5 heteroatoms. The molecule has 0 spiro atoms. The van der Waals surface area contributed by atoms with Gasteiger partial charge < -0.3 is 16.0 Å². The Bertz CT molecular complexity index is 275. The first-order chi connectivity index (χ1) is 8.61. The average molecular weight is 255 g/mol. The summed E-state index contributed by atoms with van der Waals surface area (Å²) in [4.78, 5) is 23.0. The van der Waals surface area contributed by atoms with E-state index in [1.54, 1.807) is 0 Å². The Morgan fingerprint density at radius 3 is 2.56 bits per heavy atom. The van der Waals surface area contributed by atoms with Gasteiger partial charge in [0.05, 0.1) is 0 Å². The third-order valence-corrected chi connectivity index (χ3v) is 3.35. The van der Waals surface area contributed by atoms with Crippen LogP contribution in [-0.4, -0.2) is 30.6 Å². The fourth-order valence-electron chi connectivity index (χ4n) is 2.05. The standard InChI is InChI=1S/C13H25N3O2/c1-3-10(2)15-12(17)8-9-14-13(18)16-11-6-4-5-7-11/h10-11H,3-9H2,1-2H3,(H,15,17)(H2,14,16,18). The number of hydrogen-bond acceptors (Lipinski definition) is 2. The molecule has 0 aromatic rings. The minimum absolute atomic E-state index is 0.00878. The first-order valence-corrected chi connectivity index (χ1v) is 6.95. The first-order valence-electron chi connectivity index (χ1n) is 6.95. The van der Waals surface area contributed by atoms with Crippen molar-refractivity contribution in [2.24, 2.45) is 0 Å². The lowest BCUT2D eigenvalue weighted by molar-refractivity contribution is -0.121. The third-order valence-electron chi connectivity index (χ3n) is 3.35. The van der Waals surface area contributed by atoms with Gasteiger partial charge in [-0.3, -0.25) is 4.79 Å². The van der Waals surface area contributed by atoms with Crippen LogP contribution in [0.25, 0.3) is 0 Å². The smallest absolute Gasteiger partial charge is 0.315 e. The number of rotatable bonds is 6. The fraction of sp³-hybridized carbons (Fsp3) is 0.846. The van der Waals surface area contributed by atoms with Crippen molar-refractivity contribution in [2.45, 2.75) is 64.5 Å². The molecule has 1 rings (SSSR count). The summed E-state index contributed by atoms with van der Waals surface area (Å²) in [6.07, 6.45) is 5.79. The maximum atomic E-state index is 11.5. The zero-order chi connectivity index (χ0) is 13.4. The highest BCUT2D eigenvalue weighted by atomic mass is 16.2. The van der Waals surface area contributed by atoms with Gasteiger partial charge in [0.15, 0.2) is 0 Å². The predicted molar refractivity (Wildman–Crippen MR) is 71.3 cm³/mol. The van der Waals surface area contributed by atoms with E-state index in [9.17, 15) is 9.59 Å². The molecule has 0 aromatic heterocycles. The summed E-state index contributed by atoms with van der Waals surface area (Å²) in [6.45, 7) is 4.39. The van der Waals surface area contributed by atoms with E-state index in [1.165, 1.54) is 12.8 Å². The molecular formula is C13H25N3O2. The normalized spacial score (nSPS) is 17.2. The number of nitrogens with one attached hydrogen (secondary N) is 3. The molecular weight excluding hydrogens is 230 g/mol. The molecule has 0 aromatic carbocycles. The Morgan fingerprint density at radius 2 is 1.94 bits per heavy atom. The molecule has 1 saturated carbocycles. The average Bonchev–Trinajstić information content (AvgIpc) is 2.81. The fourth-order valence-corrected chi connectivity index (χ4v) is 2.05. The van der Waals surface area contributed by atoms with Crippen LogP contribution in [0.15, 0.2) is 0 Å². The van der Waals surface area contributed by atoms with Crippen LogP contribution in [0.2, 0.25) is 0 Å². The van der Waals surface area contributed by atoms with Crippen molar-refractivity contribution in [2.75, 3.05) is 6.54 Å². The predicted octanol–water partition coefficient (Wildman–Crippen LogP) is 1.53. The van der Waals surface area contributed by atoms with Gasteiger partial charge >= 0.3 is 6.03 Å². The van der Waals surface area contributed by atoms with Crippen LogP contribution >= 0.6 is 0 Å². The number of carbonyl (C=O) groups is 2. The Morgan fingerprint density at radius 1 is 1.28 bits per heavy atom. The minimum atomic E-state index is -0.154. The van der Waals surface area contributed by atoms with Crippen LogP contribution in [0.4, 0.5) is 4.79 Å². The topological polar surface area (TPSA) is 70.2 Å². The summed E-state index contributed by atoms with van der Waals surface area (Å²) in [5.41, 5.74) is 0. The molecule has 18 heavy (non-hydrogen) atoms. The summed E-state index contributed by atoms with van der Waals surface area (Å²) < 4.78 is 0. The molecule has 0 bridgehead atoms. The molecule has 5 nitrogen and oxygen atoms in total. The summed E-state index contributed by atoms with van der Waals surface area (Å²) >= 11 is 0. The molecule has 0 aliphatic heterocycles. The summed E-state index contributed by atoms with van der Waals surface area (Å²) in [5.74, 6) is -0.00878. The van der Waals surface area contributed by atoms with Gasteiger partial charge in [-0.1, -0.05) is 19.8 Å². The van der Waals surface area contributed by atoms with Gasteiger partial charge in [-0.15, -0.1) is 0 Å². The molecule has 1 aliphatic rings. The molecule has 3 N–H and O–H groups in total. The van der Waals surface area contributed by atoms with E-state index in [4.69, 9.17) is 0 Å². The van der Waals surface area contributed by atoms with Gasteiger partial charge in [-0.05, 0) is 26.2 Å². The van der Waals surface area contributed by atoms with Crippen LogP contribution in [0.1, 0.15) is 52.4 Å². The van der Waals surface area contributed by atoms with Crippen molar-refractivity contribution in [3.8, 4) is 0 Å². The van der Waals surface area contributed by atoms with E-state index < -0.39 is 0 Å². The van der Waals surface area contributed by atoms with Gasteiger partial charge in [0, 0.05) is 25.0 Å². The van der Waals surface area contributed by atoms with E-state index in [2.05, 4.69) is 16.0 Å². The van der Waals surface area contributed by atoms with Crippen molar-refractivity contribution in [3.63, 3.8) is 0 Å². The SMILES string of the molecule is CCC(C)NC(=O)CCNC(=O)NC1CCCC1. The highest BCUT2D eigenvalue weighted by Gasteiger charge is 2.16. The Labute approximate surface area is 109 Å². The van der Waals surface area contributed by atoms with Gasteiger partial charge in [-0.2, -0.15) is 0 Å².